The van der Waals surface area contributed by atoms with Gasteiger partial charge >= 0.3 is 8.60 Å². The molecule has 0 radical (unpaired) electrons. The van der Waals surface area contributed by atoms with E-state index in [1.807, 2.05) is 12.1 Å². The molecule has 0 amide bonds. The van der Waals surface area contributed by atoms with E-state index in [1.54, 1.807) is 0 Å². The van der Waals surface area contributed by atoms with Crippen molar-refractivity contribution in [2.75, 3.05) is 0 Å². The van der Waals surface area contributed by atoms with Crippen molar-refractivity contribution in [3.05, 3.63) is 29.3 Å². The Labute approximate surface area is 194 Å². The molecule has 0 saturated carbocycles. The van der Waals surface area contributed by atoms with Gasteiger partial charge in [-0.3, -0.25) is 0 Å². The molecule has 0 aromatic heterocycles. The summed E-state index contributed by atoms with van der Waals surface area (Å²) in [5.41, 5.74) is 2.53. The summed E-state index contributed by atoms with van der Waals surface area (Å²) in [6, 6.07) is 6.09. The Morgan fingerprint density at radius 3 is 1.55 bits per heavy atom. The molecule has 4 heteroatoms. The second-order valence-corrected chi connectivity index (χ2v) is 9.73. The number of unbranched alkanes of at least 4 members (excludes halogenated alkanes) is 15. The molecule has 0 unspecified atom stereocenters. The number of hydrogen-bond donors (Lipinski definition) is 2. The first kappa shape index (κ1) is 28.4. The molecule has 0 heterocycles. The molecule has 0 bridgehead atoms. The zero-order valence-corrected chi connectivity index (χ0v) is 21.3. The van der Waals surface area contributed by atoms with Crippen LogP contribution in [-0.4, -0.2) is 9.79 Å². The van der Waals surface area contributed by atoms with E-state index in [0.29, 0.717) is 5.75 Å². The lowest BCUT2D eigenvalue weighted by molar-refractivity contribution is 0.373. The summed E-state index contributed by atoms with van der Waals surface area (Å²) in [6.45, 7) is 4.53. The fourth-order valence-electron chi connectivity index (χ4n) is 4.36. The van der Waals surface area contributed by atoms with Gasteiger partial charge in [-0.2, -0.15) is 0 Å². The quantitative estimate of drug-likeness (QED) is 0.144. The Hall–Kier alpha value is -0.630. The highest BCUT2D eigenvalue weighted by Gasteiger charge is 2.13. The Morgan fingerprint density at radius 2 is 1.06 bits per heavy atom. The van der Waals surface area contributed by atoms with Gasteiger partial charge in [-0.1, -0.05) is 122 Å². The first-order chi connectivity index (χ1) is 15.2. The molecule has 2 N–H and O–H groups in total. The van der Waals surface area contributed by atoms with Crippen LogP contribution < -0.4 is 4.52 Å². The smallest absolute Gasteiger partial charge is 0.391 e. The van der Waals surface area contributed by atoms with Crippen LogP contribution in [0.5, 0.6) is 5.75 Å². The number of aryl methyl sites for hydroxylation is 1. The third-order valence-electron chi connectivity index (χ3n) is 6.24. The minimum Gasteiger partial charge on any atom is -0.427 e. The fraction of sp³-hybridized carbons (Fsp3) is 0.778. The van der Waals surface area contributed by atoms with Gasteiger partial charge < -0.3 is 14.3 Å². The molecule has 180 valence electrons. The fourth-order valence-corrected chi connectivity index (χ4v) is 4.71. The van der Waals surface area contributed by atoms with Crippen molar-refractivity contribution in [1.29, 1.82) is 0 Å². The van der Waals surface area contributed by atoms with E-state index in [2.05, 4.69) is 19.9 Å². The van der Waals surface area contributed by atoms with Crippen LogP contribution >= 0.6 is 8.60 Å². The van der Waals surface area contributed by atoms with Gasteiger partial charge in [0.25, 0.3) is 0 Å². The number of rotatable bonds is 21. The molecule has 0 aliphatic heterocycles. The predicted octanol–water partition coefficient (Wildman–Crippen LogP) is 9.03. The normalized spacial score (nSPS) is 11.4. The van der Waals surface area contributed by atoms with Crippen molar-refractivity contribution < 1.29 is 14.3 Å². The highest BCUT2D eigenvalue weighted by molar-refractivity contribution is 7.39. The van der Waals surface area contributed by atoms with Crippen molar-refractivity contribution >= 4 is 8.60 Å². The van der Waals surface area contributed by atoms with Crippen molar-refractivity contribution in [3.8, 4) is 5.75 Å². The van der Waals surface area contributed by atoms with Gasteiger partial charge in [0.15, 0.2) is 0 Å². The van der Waals surface area contributed by atoms with E-state index in [0.717, 1.165) is 19.3 Å². The van der Waals surface area contributed by atoms with Crippen molar-refractivity contribution in [2.45, 2.75) is 136 Å². The molecule has 1 aromatic carbocycles. The summed E-state index contributed by atoms with van der Waals surface area (Å²) < 4.78 is 5.37. The molecule has 0 saturated heterocycles. The van der Waals surface area contributed by atoms with Gasteiger partial charge in [0.2, 0.25) is 0 Å². The van der Waals surface area contributed by atoms with Gasteiger partial charge in [-0.25, -0.2) is 0 Å². The maximum Gasteiger partial charge on any atom is 0.391 e. The van der Waals surface area contributed by atoms with Crippen LogP contribution in [0.1, 0.15) is 134 Å². The zero-order valence-electron chi connectivity index (χ0n) is 20.4. The molecule has 1 aromatic rings. The predicted molar refractivity (Wildman–Crippen MR) is 136 cm³/mol. The third-order valence-corrected chi connectivity index (χ3v) is 6.60. The highest BCUT2D eigenvalue weighted by atomic mass is 31.2. The molecule has 1 rings (SSSR count). The van der Waals surface area contributed by atoms with Crippen LogP contribution in [0.25, 0.3) is 0 Å². The average molecular weight is 453 g/mol. The first-order valence-electron chi connectivity index (χ1n) is 13.2. The monoisotopic (exact) mass is 452 g/mol. The summed E-state index contributed by atoms with van der Waals surface area (Å²) in [4.78, 5) is 18.8. The van der Waals surface area contributed by atoms with Crippen LogP contribution in [0, 0.1) is 0 Å². The van der Waals surface area contributed by atoms with E-state index < -0.39 is 8.60 Å². The summed E-state index contributed by atoms with van der Waals surface area (Å²) in [5, 5.41) is 0. The minimum atomic E-state index is -2.36. The van der Waals surface area contributed by atoms with Gasteiger partial charge in [-0.05, 0) is 42.9 Å². The standard InChI is InChI=1S/C27H49O3P/c1-3-5-7-9-11-12-13-15-16-18-21-25-22-20-24-27(30-31(28)29)26(25)23-19-17-14-10-8-6-4-2/h20,22,24,28-29H,3-19,21,23H2,1-2H3. The molecular weight excluding hydrogens is 403 g/mol. The Balaban J connectivity index is 2.38. The Kier molecular flexibility index (Phi) is 18.3. The molecule has 0 fully saturated rings. The molecular formula is C27H49O3P. The molecule has 0 aliphatic carbocycles. The maximum absolute atomic E-state index is 9.38. The van der Waals surface area contributed by atoms with E-state index in [1.165, 1.54) is 114 Å². The average Bonchev–Trinajstić information content (AvgIpc) is 2.75. The lowest BCUT2D eigenvalue weighted by Crippen LogP contribution is -2.00. The van der Waals surface area contributed by atoms with Crippen LogP contribution in [0.15, 0.2) is 18.2 Å². The SMILES string of the molecule is CCCCCCCCCCCCc1cccc(OP(O)O)c1CCCCCCCCC. The van der Waals surface area contributed by atoms with Gasteiger partial charge in [0.05, 0.1) is 0 Å². The van der Waals surface area contributed by atoms with Crippen LogP contribution in [0.3, 0.4) is 0 Å². The van der Waals surface area contributed by atoms with Gasteiger partial charge in [0, 0.05) is 0 Å². The molecule has 0 aliphatic rings. The van der Waals surface area contributed by atoms with Crippen molar-refractivity contribution in [3.63, 3.8) is 0 Å². The third kappa shape index (κ3) is 14.9. The zero-order chi connectivity index (χ0) is 22.6. The van der Waals surface area contributed by atoms with E-state index in [9.17, 15) is 9.79 Å². The van der Waals surface area contributed by atoms with E-state index in [4.69, 9.17) is 4.52 Å². The molecule has 0 spiro atoms. The second kappa shape index (κ2) is 20.0. The number of hydrogen-bond acceptors (Lipinski definition) is 3. The van der Waals surface area contributed by atoms with Gasteiger partial charge in [-0.15, -0.1) is 0 Å². The topological polar surface area (TPSA) is 49.7 Å². The summed E-state index contributed by atoms with van der Waals surface area (Å²) in [5.74, 6) is 0.673. The summed E-state index contributed by atoms with van der Waals surface area (Å²) in [7, 11) is -2.36. The summed E-state index contributed by atoms with van der Waals surface area (Å²) in [6.07, 6.45) is 24.5. The second-order valence-electron chi connectivity index (χ2n) is 9.04. The Morgan fingerprint density at radius 1 is 0.613 bits per heavy atom. The van der Waals surface area contributed by atoms with Crippen LogP contribution in [0.4, 0.5) is 0 Å². The first-order valence-corrected chi connectivity index (χ1v) is 14.3. The minimum absolute atomic E-state index is 0.673. The molecule has 31 heavy (non-hydrogen) atoms. The molecule has 0 atom stereocenters. The largest absolute Gasteiger partial charge is 0.427 e. The number of benzene rings is 1. The summed E-state index contributed by atoms with van der Waals surface area (Å²) >= 11 is 0. The van der Waals surface area contributed by atoms with E-state index in [-0.39, 0.29) is 0 Å². The lowest BCUT2D eigenvalue weighted by Gasteiger charge is -2.16. The highest BCUT2D eigenvalue weighted by Crippen LogP contribution is 2.34. The van der Waals surface area contributed by atoms with Gasteiger partial charge in [0.1, 0.15) is 5.75 Å². The van der Waals surface area contributed by atoms with E-state index >= 15 is 0 Å². The molecule has 3 nitrogen and oxygen atoms in total. The van der Waals surface area contributed by atoms with Crippen molar-refractivity contribution in [2.24, 2.45) is 0 Å². The Bertz CT molecular complexity index is 533. The van der Waals surface area contributed by atoms with Crippen molar-refractivity contribution in [1.82, 2.24) is 0 Å². The maximum atomic E-state index is 9.38. The lowest BCUT2D eigenvalue weighted by atomic mass is 9.95. The van der Waals surface area contributed by atoms with Crippen LogP contribution in [0.2, 0.25) is 0 Å². The van der Waals surface area contributed by atoms with Crippen LogP contribution in [-0.2, 0) is 12.8 Å².